The number of fused-ring (bicyclic) bond motifs is 1. The van der Waals surface area contributed by atoms with Crippen LogP contribution in [0.3, 0.4) is 0 Å². The summed E-state index contributed by atoms with van der Waals surface area (Å²) in [6, 6.07) is 7.83. The maximum atomic E-state index is 14.8. The van der Waals surface area contributed by atoms with E-state index in [4.69, 9.17) is 0 Å². The summed E-state index contributed by atoms with van der Waals surface area (Å²) in [5, 5.41) is 6.42. The highest BCUT2D eigenvalue weighted by molar-refractivity contribution is 6.02. The number of aryl methyl sites for hydroxylation is 1. The first-order valence-corrected chi connectivity index (χ1v) is 12.8. The number of likely N-dealkylation sites (N-methyl/N-ethyl adjacent to an activating group) is 1. The van der Waals surface area contributed by atoms with Crippen molar-refractivity contribution in [2.45, 2.75) is 64.0 Å². The smallest absolute Gasteiger partial charge is 0.250 e. The van der Waals surface area contributed by atoms with Gasteiger partial charge in [0.05, 0.1) is 6.04 Å². The molecule has 0 bridgehead atoms. The van der Waals surface area contributed by atoms with E-state index in [0.717, 1.165) is 37.7 Å². The molecule has 2 amide bonds. The predicted molar refractivity (Wildman–Crippen MR) is 137 cm³/mol. The van der Waals surface area contributed by atoms with Crippen LogP contribution in [-0.2, 0) is 16.0 Å². The molecule has 1 saturated heterocycles. The first-order chi connectivity index (χ1) is 17.2. The number of nitrogens with zero attached hydrogens (tertiary/aromatic N) is 2. The predicted octanol–water partition coefficient (Wildman–Crippen LogP) is 4.87. The summed E-state index contributed by atoms with van der Waals surface area (Å²) < 4.78 is 29.5. The number of halogens is 2. The van der Waals surface area contributed by atoms with E-state index in [1.807, 2.05) is 11.8 Å². The Labute approximate surface area is 211 Å². The number of hydrogen-bond donors (Lipinski definition) is 2. The SMILES string of the molecule is CC(=O)N(C)[C@H]1CCN(c2cc(F)cc(NC(=O)C3(C4CCCC4)Cc4c(F)ccc(C)c4N3)c2)C1. The number of carbonyl (C=O) groups is 2. The van der Waals surface area contributed by atoms with Crippen LogP contribution in [0.1, 0.15) is 50.2 Å². The van der Waals surface area contributed by atoms with Gasteiger partial charge in [0.2, 0.25) is 5.91 Å². The highest BCUT2D eigenvalue weighted by Gasteiger charge is 2.51. The van der Waals surface area contributed by atoms with Crippen LogP contribution in [0.4, 0.5) is 25.8 Å². The van der Waals surface area contributed by atoms with Gasteiger partial charge in [-0.15, -0.1) is 0 Å². The average Bonchev–Trinajstić information content (AvgIpc) is 3.60. The summed E-state index contributed by atoms with van der Waals surface area (Å²) in [6.07, 6.45) is 4.93. The Balaban J connectivity index is 1.40. The molecule has 6 nitrogen and oxygen atoms in total. The van der Waals surface area contributed by atoms with Crippen LogP contribution < -0.4 is 15.5 Å². The Kier molecular flexibility index (Phi) is 6.39. The molecule has 1 saturated carbocycles. The third kappa shape index (κ3) is 4.31. The zero-order valence-corrected chi connectivity index (χ0v) is 21.2. The number of anilines is 3. The lowest BCUT2D eigenvalue weighted by Gasteiger charge is -2.35. The van der Waals surface area contributed by atoms with Gasteiger partial charge in [-0.2, -0.15) is 0 Å². The van der Waals surface area contributed by atoms with E-state index in [1.54, 1.807) is 31.0 Å². The van der Waals surface area contributed by atoms with Crippen molar-refractivity contribution in [2.75, 3.05) is 35.7 Å². The minimum absolute atomic E-state index is 0.00277. The van der Waals surface area contributed by atoms with Gasteiger partial charge < -0.3 is 20.4 Å². The zero-order valence-electron chi connectivity index (χ0n) is 21.2. The van der Waals surface area contributed by atoms with Crippen molar-refractivity contribution in [1.82, 2.24) is 4.90 Å². The molecule has 3 aliphatic rings. The maximum Gasteiger partial charge on any atom is 0.250 e. The van der Waals surface area contributed by atoms with E-state index in [-0.39, 0.29) is 36.0 Å². The quantitative estimate of drug-likeness (QED) is 0.620. The van der Waals surface area contributed by atoms with Gasteiger partial charge in [-0.1, -0.05) is 18.9 Å². The van der Waals surface area contributed by atoms with Crippen LogP contribution in [0.5, 0.6) is 0 Å². The molecule has 2 atom stereocenters. The van der Waals surface area contributed by atoms with Gasteiger partial charge in [0.1, 0.15) is 17.2 Å². The second-order valence-corrected chi connectivity index (χ2v) is 10.6. The number of benzene rings is 2. The van der Waals surface area contributed by atoms with Gasteiger partial charge in [-0.3, -0.25) is 9.59 Å². The summed E-state index contributed by atoms with van der Waals surface area (Å²) in [5.74, 6) is -0.925. The lowest BCUT2D eigenvalue weighted by atomic mass is 9.79. The van der Waals surface area contributed by atoms with E-state index in [9.17, 15) is 18.4 Å². The first kappa shape index (κ1) is 24.5. The molecular formula is C28H34F2N4O2. The Bertz CT molecular complexity index is 1160. The van der Waals surface area contributed by atoms with Crippen LogP contribution in [0, 0.1) is 24.5 Å². The van der Waals surface area contributed by atoms with Crippen molar-refractivity contribution in [1.29, 1.82) is 0 Å². The van der Waals surface area contributed by atoms with E-state index in [1.165, 1.54) is 18.2 Å². The molecule has 36 heavy (non-hydrogen) atoms. The number of carbonyl (C=O) groups excluding carboxylic acids is 2. The summed E-state index contributed by atoms with van der Waals surface area (Å²) in [6.45, 7) is 4.76. The fraction of sp³-hybridized carbons (Fsp3) is 0.500. The van der Waals surface area contributed by atoms with Crippen molar-refractivity contribution in [3.05, 3.63) is 53.1 Å². The molecule has 2 aliphatic heterocycles. The van der Waals surface area contributed by atoms with Crippen LogP contribution >= 0.6 is 0 Å². The van der Waals surface area contributed by atoms with Crippen molar-refractivity contribution in [2.24, 2.45) is 5.92 Å². The van der Waals surface area contributed by atoms with Gasteiger partial charge in [0, 0.05) is 56.1 Å². The van der Waals surface area contributed by atoms with Crippen molar-refractivity contribution >= 4 is 28.9 Å². The molecule has 5 rings (SSSR count). The van der Waals surface area contributed by atoms with Crippen LogP contribution in [0.25, 0.3) is 0 Å². The monoisotopic (exact) mass is 496 g/mol. The number of amides is 2. The Morgan fingerprint density at radius 1 is 1.14 bits per heavy atom. The molecule has 1 unspecified atom stereocenters. The summed E-state index contributed by atoms with van der Waals surface area (Å²) in [5.41, 5.74) is 2.24. The minimum atomic E-state index is -0.971. The number of hydrogen-bond acceptors (Lipinski definition) is 4. The van der Waals surface area contributed by atoms with Gasteiger partial charge in [-0.05, 0) is 61.9 Å². The van der Waals surface area contributed by atoms with Crippen molar-refractivity contribution in [3.8, 4) is 0 Å². The fourth-order valence-corrected chi connectivity index (χ4v) is 6.24. The van der Waals surface area contributed by atoms with Crippen molar-refractivity contribution < 1.29 is 18.4 Å². The van der Waals surface area contributed by atoms with Gasteiger partial charge >= 0.3 is 0 Å². The summed E-state index contributed by atoms with van der Waals surface area (Å²) >= 11 is 0. The molecule has 2 heterocycles. The molecule has 2 aromatic rings. The average molecular weight is 497 g/mol. The van der Waals surface area contributed by atoms with Crippen molar-refractivity contribution in [3.63, 3.8) is 0 Å². The van der Waals surface area contributed by atoms with Crippen LogP contribution in [-0.4, -0.2) is 48.4 Å². The van der Waals surface area contributed by atoms with E-state index in [2.05, 4.69) is 10.6 Å². The Morgan fingerprint density at radius 2 is 1.89 bits per heavy atom. The van der Waals surface area contributed by atoms with Gasteiger partial charge in [-0.25, -0.2) is 8.78 Å². The third-order valence-electron chi connectivity index (χ3n) is 8.44. The number of nitrogens with one attached hydrogen (secondary N) is 2. The molecule has 2 fully saturated rings. The molecule has 2 aromatic carbocycles. The van der Waals surface area contributed by atoms with Gasteiger partial charge in [0.25, 0.3) is 5.91 Å². The zero-order chi connectivity index (χ0) is 25.6. The Morgan fingerprint density at radius 3 is 2.58 bits per heavy atom. The topological polar surface area (TPSA) is 64.7 Å². The van der Waals surface area contributed by atoms with Gasteiger partial charge in [0.15, 0.2) is 0 Å². The first-order valence-electron chi connectivity index (χ1n) is 12.8. The lowest BCUT2D eigenvalue weighted by Crippen LogP contribution is -2.53. The second-order valence-electron chi connectivity index (χ2n) is 10.6. The molecule has 2 N–H and O–H groups in total. The van der Waals surface area contributed by atoms with Crippen LogP contribution in [0.2, 0.25) is 0 Å². The van der Waals surface area contributed by atoms with Crippen LogP contribution in [0.15, 0.2) is 30.3 Å². The Hall–Kier alpha value is -3.16. The highest BCUT2D eigenvalue weighted by Crippen LogP contribution is 2.46. The molecule has 0 radical (unpaired) electrons. The molecule has 0 aromatic heterocycles. The van der Waals surface area contributed by atoms with E-state index >= 15 is 0 Å². The molecular weight excluding hydrogens is 462 g/mol. The molecule has 1 aliphatic carbocycles. The summed E-state index contributed by atoms with van der Waals surface area (Å²) in [4.78, 5) is 29.4. The van der Waals surface area contributed by atoms with E-state index < -0.39 is 11.4 Å². The third-order valence-corrected chi connectivity index (χ3v) is 8.44. The van der Waals surface area contributed by atoms with E-state index in [0.29, 0.717) is 35.7 Å². The summed E-state index contributed by atoms with van der Waals surface area (Å²) in [7, 11) is 1.79. The molecule has 0 spiro atoms. The minimum Gasteiger partial charge on any atom is -0.370 e. The largest absolute Gasteiger partial charge is 0.370 e. The highest BCUT2D eigenvalue weighted by atomic mass is 19.1. The standard InChI is InChI=1S/C28H34F2N4O2/c1-17-8-9-25(30)24-15-28(32-26(17)24,19-6-4-5-7-19)27(36)31-21-12-20(29)13-23(14-21)34-11-10-22(16-34)33(3)18(2)35/h8-9,12-14,19,22,32H,4-7,10-11,15-16H2,1-3H3,(H,31,36)/t22-,28?/m0/s1. The second kappa shape index (κ2) is 9.37. The maximum absolute atomic E-state index is 14.8. The fourth-order valence-electron chi connectivity index (χ4n) is 6.24. The molecule has 8 heteroatoms. The number of rotatable bonds is 5. The molecule has 192 valence electrons. The lowest BCUT2D eigenvalue weighted by molar-refractivity contribution is -0.129. The normalized spacial score (nSPS) is 23.5.